The van der Waals surface area contributed by atoms with Crippen molar-refractivity contribution in [2.45, 2.75) is 33.1 Å². The molecule has 0 unspecified atom stereocenters. The topological polar surface area (TPSA) is 20.1 Å². The summed E-state index contributed by atoms with van der Waals surface area (Å²) in [6.45, 7) is 8.38. The zero-order valence-corrected chi connectivity index (χ0v) is 6.89. The molecule has 0 aromatic carbocycles. The van der Waals surface area contributed by atoms with Crippen molar-refractivity contribution < 1.29 is 9.37 Å². The molecular formula is C8H16NO+. The molecule has 10 heavy (non-hydrogen) atoms. The fourth-order valence-electron chi connectivity index (χ4n) is 0.697. The van der Waals surface area contributed by atoms with Crippen LogP contribution in [0, 0.1) is 0 Å². The molecule has 1 amide bonds. The number of hydrogen-bond donors (Lipinski definition) is 0. The average Bonchev–Trinajstić information content (AvgIpc) is 1.98. The Morgan fingerprint density at radius 3 is 2.50 bits per heavy atom. The van der Waals surface area contributed by atoms with Crippen LogP contribution in [0.4, 0.5) is 0 Å². The molecule has 0 spiro atoms. The van der Waals surface area contributed by atoms with E-state index < -0.39 is 0 Å². The molecule has 0 heterocycles. The molecule has 2 heteroatoms. The molecular weight excluding hydrogens is 126 g/mol. The monoisotopic (exact) mass is 142 g/mol. The average molecular weight is 142 g/mol. The van der Waals surface area contributed by atoms with Crippen molar-refractivity contribution in [2.24, 2.45) is 0 Å². The molecule has 0 aromatic rings. The molecule has 0 rings (SSSR count). The van der Waals surface area contributed by atoms with Crippen molar-refractivity contribution in [1.29, 1.82) is 0 Å². The van der Waals surface area contributed by atoms with Gasteiger partial charge in [-0.25, -0.2) is 4.79 Å². The van der Waals surface area contributed by atoms with Gasteiger partial charge in [0.25, 0.3) is 0 Å². The summed E-state index contributed by atoms with van der Waals surface area (Å²) >= 11 is 0. The van der Waals surface area contributed by atoms with E-state index in [1.807, 2.05) is 6.92 Å². The molecule has 0 N–H and O–H groups in total. The summed E-state index contributed by atoms with van der Waals surface area (Å²) in [7, 11) is 0. The van der Waals surface area contributed by atoms with E-state index in [1.165, 1.54) is 0 Å². The molecule has 0 radical (unpaired) electrons. The molecule has 0 aromatic heterocycles. The van der Waals surface area contributed by atoms with E-state index in [0.29, 0.717) is 6.42 Å². The van der Waals surface area contributed by atoms with Gasteiger partial charge in [0.2, 0.25) is 0 Å². The van der Waals surface area contributed by atoms with Crippen molar-refractivity contribution in [3.63, 3.8) is 0 Å². The molecule has 0 atom stereocenters. The molecule has 0 aliphatic rings. The van der Waals surface area contributed by atoms with Crippen molar-refractivity contribution in [3.05, 3.63) is 0 Å². The fourth-order valence-corrected chi connectivity index (χ4v) is 0.697. The lowest BCUT2D eigenvalue weighted by atomic mass is 10.3. The third-order valence-electron chi connectivity index (χ3n) is 1.44. The van der Waals surface area contributed by atoms with Gasteiger partial charge in [0.1, 0.15) is 6.72 Å². The highest BCUT2D eigenvalue weighted by atomic mass is 16.2. The van der Waals surface area contributed by atoms with E-state index in [1.54, 1.807) is 4.58 Å². The Morgan fingerprint density at radius 1 is 1.50 bits per heavy atom. The standard InChI is InChI=1S/C8H16NO/c1-4-6-7-9(3)8(10)5-2/h3-7H2,1-2H3/q+1. The maximum Gasteiger partial charge on any atom is 0.386 e. The Labute approximate surface area is 62.6 Å². The van der Waals surface area contributed by atoms with Crippen LogP contribution < -0.4 is 0 Å². The molecule has 0 fully saturated rings. The lowest BCUT2D eigenvalue weighted by molar-refractivity contribution is -0.441. The number of amides is 1. The van der Waals surface area contributed by atoms with Crippen molar-refractivity contribution >= 4 is 12.6 Å². The third kappa shape index (κ3) is 3.38. The molecule has 0 saturated heterocycles. The predicted molar refractivity (Wildman–Crippen MR) is 42.5 cm³/mol. The molecule has 0 saturated carbocycles. The lowest BCUT2D eigenvalue weighted by Gasteiger charge is -1.94. The highest BCUT2D eigenvalue weighted by molar-refractivity contribution is 5.68. The summed E-state index contributed by atoms with van der Waals surface area (Å²) in [6, 6.07) is 0. The molecule has 0 aliphatic heterocycles. The van der Waals surface area contributed by atoms with Gasteiger partial charge in [0.15, 0.2) is 6.54 Å². The number of hydrogen-bond acceptors (Lipinski definition) is 1. The summed E-state index contributed by atoms with van der Waals surface area (Å²) in [5.74, 6) is 0.133. The Kier molecular flexibility index (Phi) is 4.81. The fraction of sp³-hybridized carbons (Fsp3) is 0.750. The quantitative estimate of drug-likeness (QED) is 0.429. The second-order valence-electron chi connectivity index (χ2n) is 2.36. The summed E-state index contributed by atoms with van der Waals surface area (Å²) in [4.78, 5) is 10.9. The van der Waals surface area contributed by atoms with Gasteiger partial charge in [-0.3, -0.25) is 0 Å². The van der Waals surface area contributed by atoms with E-state index in [9.17, 15) is 4.79 Å². The van der Waals surface area contributed by atoms with Crippen LogP contribution in [0.2, 0.25) is 0 Å². The normalized spacial score (nSPS) is 9.40. The molecule has 0 aliphatic carbocycles. The zero-order valence-electron chi connectivity index (χ0n) is 6.89. The molecule has 0 bridgehead atoms. The van der Waals surface area contributed by atoms with E-state index in [-0.39, 0.29) is 5.91 Å². The van der Waals surface area contributed by atoms with Crippen LogP contribution in [0.15, 0.2) is 0 Å². The summed E-state index contributed by atoms with van der Waals surface area (Å²) in [5.41, 5.74) is 0. The number of rotatable bonds is 4. The van der Waals surface area contributed by atoms with E-state index in [0.717, 1.165) is 19.4 Å². The van der Waals surface area contributed by atoms with E-state index in [2.05, 4.69) is 13.6 Å². The summed E-state index contributed by atoms with van der Waals surface area (Å²) in [5, 5.41) is 0. The summed E-state index contributed by atoms with van der Waals surface area (Å²) < 4.78 is 1.55. The maximum absolute atomic E-state index is 10.9. The minimum atomic E-state index is 0.133. The Bertz CT molecular complexity index is 129. The third-order valence-corrected chi connectivity index (χ3v) is 1.44. The van der Waals surface area contributed by atoms with Gasteiger partial charge in [-0.15, -0.1) is 0 Å². The predicted octanol–water partition coefficient (Wildman–Crippen LogP) is 1.44. The first kappa shape index (κ1) is 9.34. The maximum atomic E-state index is 10.9. The van der Waals surface area contributed by atoms with Crippen LogP contribution in [-0.2, 0) is 4.79 Å². The van der Waals surface area contributed by atoms with Crippen molar-refractivity contribution in [3.8, 4) is 0 Å². The number of nitrogens with zero attached hydrogens (tertiary/aromatic N) is 1. The van der Waals surface area contributed by atoms with Gasteiger partial charge in [0.05, 0.1) is 6.42 Å². The van der Waals surface area contributed by atoms with E-state index >= 15 is 0 Å². The Balaban J connectivity index is 3.52. The SMILES string of the molecule is C=[N+](CCCC)C(=O)CC. The molecule has 2 nitrogen and oxygen atoms in total. The second-order valence-corrected chi connectivity index (χ2v) is 2.36. The largest absolute Gasteiger partial charge is 0.386 e. The number of unbranched alkanes of at least 4 members (excludes halogenated alkanes) is 1. The summed E-state index contributed by atoms with van der Waals surface area (Å²) in [6.07, 6.45) is 2.73. The first-order chi connectivity index (χ1) is 4.72. The van der Waals surface area contributed by atoms with E-state index in [4.69, 9.17) is 0 Å². The Hall–Kier alpha value is -0.660. The van der Waals surface area contributed by atoms with Gasteiger partial charge in [0, 0.05) is 6.42 Å². The minimum Gasteiger partial charge on any atom is -0.220 e. The van der Waals surface area contributed by atoms with Crippen LogP contribution in [0.5, 0.6) is 0 Å². The minimum absolute atomic E-state index is 0.133. The van der Waals surface area contributed by atoms with Gasteiger partial charge < -0.3 is 0 Å². The lowest BCUT2D eigenvalue weighted by Crippen LogP contribution is -2.18. The van der Waals surface area contributed by atoms with Crippen LogP contribution in [0.1, 0.15) is 33.1 Å². The van der Waals surface area contributed by atoms with Crippen LogP contribution >= 0.6 is 0 Å². The van der Waals surface area contributed by atoms with Gasteiger partial charge in [-0.1, -0.05) is 20.3 Å². The van der Waals surface area contributed by atoms with Crippen molar-refractivity contribution in [2.75, 3.05) is 6.54 Å². The Morgan fingerprint density at radius 2 is 2.10 bits per heavy atom. The zero-order chi connectivity index (χ0) is 7.98. The van der Waals surface area contributed by atoms with Gasteiger partial charge >= 0.3 is 5.91 Å². The smallest absolute Gasteiger partial charge is 0.220 e. The van der Waals surface area contributed by atoms with Crippen LogP contribution in [-0.4, -0.2) is 23.7 Å². The highest BCUT2D eigenvalue weighted by Crippen LogP contribution is 1.89. The second kappa shape index (κ2) is 5.15. The molecule has 58 valence electrons. The van der Waals surface area contributed by atoms with Gasteiger partial charge in [-0.05, 0) is 0 Å². The number of carbonyl (C=O) groups excluding carboxylic acids is 1. The number of carbonyl (C=O) groups is 1. The first-order valence-corrected chi connectivity index (χ1v) is 3.83. The first-order valence-electron chi connectivity index (χ1n) is 3.83. The van der Waals surface area contributed by atoms with Crippen LogP contribution in [0.25, 0.3) is 0 Å². The van der Waals surface area contributed by atoms with Gasteiger partial charge in [-0.2, -0.15) is 4.58 Å². The van der Waals surface area contributed by atoms with Crippen molar-refractivity contribution in [1.82, 2.24) is 0 Å². The highest BCUT2D eigenvalue weighted by Gasteiger charge is 2.09. The van der Waals surface area contributed by atoms with Crippen LogP contribution in [0.3, 0.4) is 0 Å².